The van der Waals surface area contributed by atoms with E-state index in [1.54, 1.807) is 20.8 Å². The van der Waals surface area contributed by atoms with Crippen LogP contribution in [0.1, 0.15) is 59.3 Å². The highest BCUT2D eigenvalue weighted by Gasteiger charge is 2.61. The summed E-state index contributed by atoms with van der Waals surface area (Å²) in [5.41, 5.74) is -1.85. The Morgan fingerprint density at radius 2 is 1.89 bits per heavy atom. The van der Waals surface area contributed by atoms with Crippen molar-refractivity contribution in [2.75, 3.05) is 13.7 Å². The molecule has 1 saturated heterocycles. The van der Waals surface area contributed by atoms with Gasteiger partial charge in [0.05, 0.1) is 42.3 Å². The summed E-state index contributed by atoms with van der Waals surface area (Å²) in [5, 5.41) is 9.73. The number of Topliss-reactive ketones (excluding diaryl/α,β-unsaturated/α-hetero) is 1. The van der Waals surface area contributed by atoms with Crippen LogP contribution in [0.15, 0.2) is 12.7 Å². The molecular weight excluding hydrogens is 476 g/mol. The van der Waals surface area contributed by atoms with Gasteiger partial charge in [0.15, 0.2) is 5.78 Å². The molecule has 0 aromatic rings. The van der Waals surface area contributed by atoms with Crippen molar-refractivity contribution in [1.82, 2.24) is 9.62 Å². The third-order valence-corrected chi connectivity index (χ3v) is 9.25. The second-order valence-corrected chi connectivity index (χ2v) is 13.1. The number of carbonyl (C=O) groups excluding carboxylic acids is 4. The minimum absolute atomic E-state index is 0.0104. The number of aliphatic hydroxyl groups is 1. The molecule has 35 heavy (non-hydrogen) atoms. The minimum atomic E-state index is -3.78. The zero-order chi connectivity index (χ0) is 26.3. The summed E-state index contributed by atoms with van der Waals surface area (Å²) in [7, 11) is -2.55. The van der Waals surface area contributed by atoms with Gasteiger partial charge in [-0.25, -0.2) is 8.42 Å². The number of ether oxygens (including phenoxy) is 1. The van der Waals surface area contributed by atoms with Crippen LogP contribution >= 0.6 is 0 Å². The van der Waals surface area contributed by atoms with Gasteiger partial charge in [-0.3, -0.25) is 23.9 Å². The van der Waals surface area contributed by atoms with E-state index >= 15 is 0 Å². The lowest BCUT2D eigenvalue weighted by molar-refractivity contribution is -0.151. The van der Waals surface area contributed by atoms with Crippen LogP contribution in [0.5, 0.6) is 0 Å². The van der Waals surface area contributed by atoms with Crippen LogP contribution in [0.4, 0.5) is 0 Å². The summed E-state index contributed by atoms with van der Waals surface area (Å²) in [4.78, 5) is 53.2. The summed E-state index contributed by atoms with van der Waals surface area (Å²) in [6, 6.07) is -0.976. The number of nitrogens with zero attached hydrogens (tertiary/aromatic N) is 1. The SMILES string of the molecule is C=CC1C[C@]1(CC(=O)[C@@H]1C[C@@H](O)CN1C(=O)[C@@H](CC(=O)OC)C(C)(C)C)C(=O)NS(=O)(=O)C1CC1. The van der Waals surface area contributed by atoms with Gasteiger partial charge < -0.3 is 14.7 Å². The highest BCUT2D eigenvalue weighted by Crippen LogP contribution is 2.57. The van der Waals surface area contributed by atoms with Crippen molar-refractivity contribution in [3.63, 3.8) is 0 Å². The second kappa shape index (κ2) is 9.65. The first-order valence-corrected chi connectivity index (χ1v) is 13.5. The van der Waals surface area contributed by atoms with Gasteiger partial charge in [-0.15, -0.1) is 6.58 Å². The summed E-state index contributed by atoms with van der Waals surface area (Å²) in [6.07, 6.45) is 1.45. The van der Waals surface area contributed by atoms with Gasteiger partial charge in [0.2, 0.25) is 21.8 Å². The highest BCUT2D eigenvalue weighted by atomic mass is 32.2. The maximum atomic E-state index is 13.5. The minimum Gasteiger partial charge on any atom is -0.469 e. The van der Waals surface area contributed by atoms with Gasteiger partial charge in [-0.1, -0.05) is 26.8 Å². The molecule has 5 atom stereocenters. The van der Waals surface area contributed by atoms with Crippen LogP contribution in [0.2, 0.25) is 0 Å². The summed E-state index contributed by atoms with van der Waals surface area (Å²) in [5.74, 6) is -3.29. The largest absolute Gasteiger partial charge is 0.469 e. The van der Waals surface area contributed by atoms with Crippen molar-refractivity contribution in [2.45, 2.75) is 76.7 Å². The predicted octanol–water partition coefficient (Wildman–Crippen LogP) is 0.934. The average Bonchev–Trinajstić information content (AvgIpc) is 3.67. The number of methoxy groups -OCH3 is 1. The molecule has 2 saturated carbocycles. The van der Waals surface area contributed by atoms with Crippen molar-refractivity contribution in [1.29, 1.82) is 0 Å². The predicted molar refractivity (Wildman–Crippen MR) is 126 cm³/mol. The normalized spacial score (nSPS) is 29.3. The van der Waals surface area contributed by atoms with E-state index in [9.17, 15) is 32.7 Å². The number of amides is 2. The van der Waals surface area contributed by atoms with Crippen molar-refractivity contribution in [3.05, 3.63) is 12.7 Å². The Hall–Kier alpha value is -2.27. The number of allylic oxidation sites excluding steroid dienone is 1. The zero-order valence-corrected chi connectivity index (χ0v) is 21.6. The molecule has 1 unspecified atom stereocenters. The molecule has 2 N–H and O–H groups in total. The number of sulfonamides is 1. The molecule has 0 aromatic heterocycles. The lowest BCUT2D eigenvalue weighted by atomic mass is 9.77. The molecule has 3 fully saturated rings. The van der Waals surface area contributed by atoms with Crippen molar-refractivity contribution < 1.29 is 37.4 Å². The van der Waals surface area contributed by atoms with Crippen LogP contribution < -0.4 is 4.72 Å². The molecule has 196 valence electrons. The number of hydrogen-bond donors (Lipinski definition) is 2. The Kier molecular flexibility index (Phi) is 7.53. The number of hydrogen-bond acceptors (Lipinski definition) is 8. The fraction of sp³-hybridized carbons (Fsp3) is 0.750. The Bertz CT molecular complexity index is 1010. The van der Waals surface area contributed by atoms with Gasteiger partial charge in [-0.05, 0) is 30.6 Å². The van der Waals surface area contributed by atoms with Crippen LogP contribution in [0, 0.1) is 22.7 Å². The molecule has 1 heterocycles. The number of ketones is 1. The Balaban J connectivity index is 1.79. The van der Waals surface area contributed by atoms with Gasteiger partial charge in [0.1, 0.15) is 0 Å². The average molecular weight is 513 g/mol. The van der Waals surface area contributed by atoms with E-state index in [4.69, 9.17) is 4.74 Å². The highest BCUT2D eigenvalue weighted by molar-refractivity contribution is 7.90. The molecule has 3 rings (SSSR count). The molecule has 2 amide bonds. The molecule has 2 aliphatic carbocycles. The van der Waals surface area contributed by atoms with Crippen LogP contribution in [-0.2, 0) is 33.9 Å². The lowest BCUT2D eigenvalue weighted by Crippen LogP contribution is -2.48. The Morgan fingerprint density at radius 1 is 1.26 bits per heavy atom. The molecule has 3 aliphatic rings. The molecule has 0 bridgehead atoms. The number of nitrogens with one attached hydrogen (secondary N) is 1. The molecule has 1 aliphatic heterocycles. The van der Waals surface area contributed by atoms with Gasteiger partial charge in [-0.2, -0.15) is 0 Å². The first-order chi connectivity index (χ1) is 16.2. The summed E-state index contributed by atoms with van der Waals surface area (Å²) < 4.78 is 31.5. The smallest absolute Gasteiger partial charge is 0.306 e. The van der Waals surface area contributed by atoms with Crippen LogP contribution in [0.25, 0.3) is 0 Å². The first-order valence-electron chi connectivity index (χ1n) is 11.9. The Labute approximate surface area is 206 Å². The number of aliphatic hydroxyl groups excluding tert-OH is 1. The first kappa shape index (κ1) is 27.3. The van der Waals surface area contributed by atoms with E-state index in [-0.39, 0.29) is 38.1 Å². The number of esters is 1. The Morgan fingerprint density at radius 3 is 2.37 bits per heavy atom. The fourth-order valence-electron chi connectivity index (χ4n) is 4.88. The topological polar surface area (TPSA) is 147 Å². The van der Waals surface area contributed by atoms with E-state index in [0.717, 1.165) is 0 Å². The van der Waals surface area contributed by atoms with Gasteiger partial charge in [0.25, 0.3) is 0 Å². The molecule has 10 nitrogen and oxygen atoms in total. The second-order valence-electron chi connectivity index (χ2n) is 11.1. The van der Waals surface area contributed by atoms with E-state index in [1.807, 2.05) is 0 Å². The molecule has 0 aromatic carbocycles. The number of likely N-dealkylation sites (tertiary alicyclic amines) is 1. The van der Waals surface area contributed by atoms with Crippen molar-refractivity contribution in [2.24, 2.45) is 22.7 Å². The zero-order valence-electron chi connectivity index (χ0n) is 20.8. The third kappa shape index (κ3) is 5.77. The van der Waals surface area contributed by atoms with Gasteiger partial charge >= 0.3 is 5.97 Å². The molecule has 0 radical (unpaired) electrons. The molecule has 0 spiro atoms. The summed E-state index contributed by atoms with van der Waals surface area (Å²) >= 11 is 0. The molecule has 11 heteroatoms. The standard InChI is InChI=1S/C24H36N2O8S/c1-6-14-11-24(14,22(31)25-35(32,33)16-7-8-16)12-19(28)18-9-15(27)13-26(18)21(30)17(23(2,3)4)10-20(29)34-5/h6,14-18,27H,1,7-13H2,2-5H3,(H,25,31)/t14?,15-,17-,18+,24-/m1/s1. The van der Waals surface area contributed by atoms with Crippen molar-refractivity contribution in [3.8, 4) is 0 Å². The van der Waals surface area contributed by atoms with E-state index < -0.39 is 67.7 Å². The monoisotopic (exact) mass is 512 g/mol. The van der Waals surface area contributed by atoms with E-state index in [2.05, 4.69) is 11.3 Å². The van der Waals surface area contributed by atoms with Crippen LogP contribution in [0.3, 0.4) is 0 Å². The maximum Gasteiger partial charge on any atom is 0.306 e. The quantitative estimate of drug-likeness (QED) is 0.325. The third-order valence-electron chi connectivity index (χ3n) is 7.43. The van der Waals surface area contributed by atoms with Crippen molar-refractivity contribution >= 4 is 33.6 Å². The fourth-order valence-corrected chi connectivity index (χ4v) is 6.27. The van der Waals surface area contributed by atoms with E-state index in [1.165, 1.54) is 18.1 Å². The van der Waals surface area contributed by atoms with Crippen LogP contribution in [-0.4, -0.2) is 73.0 Å². The van der Waals surface area contributed by atoms with E-state index in [0.29, 0.717) is 12.8 Å². The van der Waals surface area contributed by atoms with Gasteiger partial charge in [0, 0.05) is 19.4 Å². The summed E-state index contributed by atoms with van der Waals surface area (Å²) in [6.45, 7) is 9.05. The number of carbonyl (C=O) groups is 4. The lowest BCUT2D eigenvalue weighted by Gasteiger charge is -2.34. The number of β-amino-alcohol motifs (C(OH)–C–C–N with tert-alkyl or cyclic N) is 1. The maximum absolute atomic E-state index is 13.5. The molecular formula is C24H36N2O8S. The number of rotatable bonds is 10.